The Morgan fingerprint density at radius 2 is 1.53 bits per heavy atom. The van der Waals surface area contributed by atoms with Gasteiger partial charge < -0.3 is 0 Å². The summed E-state index contributed by atoms with van der Waals surface area (Å²) in [6.45, 7) is 0. The lowest BCUT2D eigenvalue weighted by Gasteiger charge is -1.97. The Labute approximate surface area is 111 Å². The fourth-order valence-electron chi connectivity index (χ4n) is 1.43. The molecule has 2 rings (SSSR count). The third-order valence-corrected chi connectivity index (χ3v) is 3.16. The van der Waals surface area contributed by atoms with Crippen molar-refractivity contribution in [3.05, 3.63) is 63.9 Å². The minimum absolute atomic E-state index is 0.577. The van der Waals surface area contributed by atoms with Crippen molar-refractivity contribution in [3.63, 3.8) is 0 Å². The van der Waals surface area contributed by atoms with E-state index in [1.165, 1.54) is 0 Å². The highest BCUT2D eigenvalue weighted by Gasteiger charge is 1.97. The second kappa shape index (κ2) is 5.35. The molecule has 0 atom stereocenters. The number of hydrogen-bond acceptors (Lipinski definition) is 0. The van der Waals surface area contributed by atoms with Crippen molar-refractivity contribution in [2.75, 3.05) is 0 Å². The fourth-order valence-corrected chi connectivity index (χ4v) is 1.74. The Morgan fingerprint density at radius 1 is 0.882 bits per heavy atom. The summed E-state index contributed by atoms with van der Waals surface area (Å²) in [5.74, 6) is 0. The highest BCUT2D eigenvalue weighted by Crippen LogP contribution is 2.23. The lowest BCUT2D eigenvalue weighted by molar-refractivity contribution is -0.671. The fraction of sp³-hybridized carbons (Fsp3) is 0.0714. The summed E-state index contributed by atoms with van der Waals surface area (Å²) < 4.78 is 2.00. The molecule has 0 fully saturated rings. The molecule has 86 valence electrons. The van der Waals surface area contributed by atoms with Crippen molar-refractivity contribution >= 4 is 35.4 Å². The van der Waals surface area contributed by atoms with Crippen molar-refractivity contribution in [2.45, 2.75) is 0 Å². The summed E-state index contributed by atoms with van der Waals surface area (Å²) in [6.07, 6.45) is 8.07. The summed E-state index contributed by atoms with van der Waals surface area (Å²) in [5, 5.41) is 1.16. The number of aromatic nitrogens is 1. The van der Waals surface area contributed by atoms with E-state index in [4.69, 9.17) is 23.2 Å². The van der Waals surface area contributed by atoms with Crippen LogP contribution in [0.3, 0.4) is 0 Å². The Balaban J connectivity index is 2.20. The second-order valence-corrected chi connectivity index (χ2v) is 4.62. The lowest BCUT2D eigenvalue weighted by atomic mass is 10.1. The summed E-state index contributed by atoms with van der Waals surface area (Å²) in [5.41, 5.74) is 2.18. The maximum atomic E-state index is 5.95. The van der Waals surface area contributed by atoms with Crippen molar-refractivity contribution in [1.29, 1.82) is 0 Å². The Hall–Kier alpha value is -1.31. The molecule has 0 spiro atoms. The van der Waals surface area contributed by atoms with Gasteiger partial charge in [0.2, 0.25) is 0 Å². The van der Waals surface area contributed by atoms with Crippen LogP contribution in [-0.2, 0) is 7.05 Å². The summed E-state index contributed by atoms with van der Waals surface area (Å²) in [6, 6.07) is 9.69. The van der Waals surface area contributed by atoms with E-state index in [-0.39, 0.29) is 0 Å². The molecule has 1 nitrogen and oxygen atoms in total. The molecule has 17 heavy (non-hydrogen) atoms. The minimum Gasteiger partial charge on any atom is -0.208 e. The van der Waals surface area contributed by atoms with Gasteiger partial charge in [0.25, 0.3) is 0 Å². The Morgan fingerprint density at radius 3 is 2.18 bits per heavy atom. The summed E-state index contributed by atoms with van der Waals surface area (Å²) in [7, 11) is 1.99. The van der Waals surface area contributed by atoms with E-state index in [9.17, 15) is 0 Å². The number of rotatable bonds is 2. The van der Waals surface area contributed by atoms with Gasteiger partial charge in [0.15, 0.2) is 12.4 Å². The van der Waals surface area contributed by atoms with Crippen molar-refractivity contribution in [3.8, 4) is 0 Å². The number of pyridine rings is 1. The lowest BCUT2D eigenvalue weighted by Crippen LogP contribution is -2.25. The molecule has 0 saturated carbocycles. The van der Waals surface area contributed by atoms with Gasteiger partial charge in [-0.05, 0) is 23.3 Å². The molecule has 1 aromatic carbocycles. The van der Waals surface area contributed by atoms with Crippen LogP contribution in [0.1, 0.15) is 11.1 Å². The second-order valence-electron chi connectivity index (χ2n) is 3.80. The number of hydrogen-bond donors (Lipinski definition) is 0. The van der Waals surface area contributed by atoms with Gasteiger partial charge in [-0.3, -0.25) is 0 Å². The molecule has 0 radical (unpaired) electrons. The van der Waals surface area contributed by atoms with Gasteiger partial charge in [-0.2, -0.15) is 0 Å². The standard InChI is InChI=1S/C14H12Cl2N/c1-17-8-6-11(7-9-17)2-3-12-4-5-13(15)14(16)10-12/h2-10H,1H3/q+1/b3-2+. The molecule has 3 heteroatoms. The zero-order valence-corrected chi connectivity index (χ0v) is 10.9. The third-order valence-electron chi connectivity index (χ3n) is 2.42. The zero-order valence-electron chi connectivity index (χ0n) is 9.40. The molecule has 0 amide bonds. The van der Waals surface area contributed by atoms with E-state index < -0.39 is 0 Å². The molecule has 0 N–H and O–H groups in total. The van der Waals surface area contributed by atoms with E-state index >= 15 is 0 Å². The van der Waals surface area contributed by atoms with Crippen LogP contribution in [0.4, 0.5) is 0 Å². The van der Waals surface area contributed by atoms with Crippen LogP contribution in [0.15, 0.2) is 42.7 Å². The average molecular weight is 265 g/mol. The normalized spacial score (nSPS) is 11.0. The van der Waals surface area contributed by atoms with E-state index in [1.807, 2.05) is 60.4 Å². The largest absolute Gasteiger partial charge is 0.208 e. The van der Waals surface area contributed by atoms with E-state index in [2.05, 4.69) is 0 Å². The van der Waals surface area contributed by atoms with Crippen LogP contribution in [0.25, 0.3) is 12.2 Å². The Kier molecular flexibility index (Phi) is 3.82. The zero-order chi connectivity index (χ0) is 12.3. The van der Waals surface area contributed by atoms with Gasteiger partial charge in [0, 0.05) is 12.1 Å². The first-order chi connectivity index (χ1) is 8.15. The average Bonchev–Trinajstić information content (AvgIpc) is 2.33. The highest BCUT2D eigenvalue weighted by molar-refractivity contribution is 6.42. The molecule has 0 aliphatic carbocycles. The number of benzene rings is 1. The first-order valence-corrected chi connectivity index (χ1v) is 5.99. The van der Waals surface area contributed by atoms with Crippen molar-refractivity contribution < 1.29 is 4.57 Å². The third kappa shape index (κ3) is 3.32. The highest BCUT2D eigenvalue weighted by atomic mass is 35.5. The van der Waals surface area contributed by atoms with E-state index in [0.717, 1.165) is 11.1 Å². The molecule has 1 heterocycles. The molecular weight excluding hydrogens is 253 g/mol. The number of nitrogens with zero attached hydrogens (tertiary/aromatic N) is 1. The van der Waals surface area contributed by atoms with Crippen LogP contribution in [-0.4, -0.2) is 0 Å². The van der Waals surface area contributed by atoms with Crippen molar-refractivity contribution in [1.82, 2.24) is 0 Å². The van der Waals surface area contributed by atoms with E-state index in [0.29, 0.717) is 10.0 Å². The van der Waals surface area contributed by atoms with Crippen LogP contribution in [0.2, 0.25) is 10.0 Å². The topological polar surface area (TPSA) is 3.88 Å². The predicted molar refractivity (Wildman–Crippen MR) is 73.0 cm³/mol. The van der Waals surface area contributed by atoms with Gasteiger partial charge in [-0.1, -0.05) is 41.4 Å². The smallest absolute Gasteiger partial charge is 0.169 e. The molecular formula is C14H12Cl2N+. The van der Waals surface area contributed by atoms with Crippen LogP contribution in [0.5, 0.6) is 0 Å². The first-order valence-electron chi connectivity index (χ1n) is 5.23. The molecule has 0 aliphatic rings. The van der Waals surface area contributed by atoms with Crippen LogP contribution < -0.4 is 4.57 Å². The van der Waals surface area contributed by atoms with Crippen LogP contribution in [0, 0.1) is 0 Å². The number of aryl methyl sites for hydroxylation is 1. The molecule has 0 unspecified atom stereocenters. The quantitative estimate of drug-likeness (QED) is 0.723. The van der Waals surface area contributed by atoms with Gasteiger partial charge >= 0.3 is 0 Å². The maximum absolute atomic E-state index is 5.95. The maximum Gasteiger partial charge on any atom is 0.169 e. The molecule has 0 aliphatic heterocycles. The first kappa shape index (κ1) is 12.2. The van der Waals surface area contributed by atoms with Gasteiger partial charge in [0.1, 0.15) is 7.05 Å². The number of halogens is 2. The summed E-state index contributed by atoms with van der Waals surface area (Å²) in [4.78, 5) is 0. The Bertz CT molecular complexity index is 545. The van der Waals surface area contributed by atoms with Crippen LogP contribution >= 0.6 is 23.2 Å². The van der Waals surface area contributed by atoms with Gasteiger partial charge in [0.05, 0.1) is 10.0 Å². The molecule has 2 aromatic rings. The summed E-state index contributed by atoms with van der Waals surface area (Å²) >= 11 is 11.8. The molecule has 1 aromatic heterocycles. The predicted octanol–water partition coefficient (Wildman–Crippen LogP) is 3.99. The minimum atomic E-state index is 0.577. The SMILES string of the molecule is C[n+]1ccc(/C=C/c2ccc(Cl)c(Cl)c2)cc1. The van der Waals surface area contributed by atoms with E-state index in [1.54, 1.807) is 6.07 Å². The van der Waals surface area contributed by atoms with Gasteiger partial charge in [-0.15, -0.1) is 0 Å². The molecule has 0 bridgehead atoms. The van der Waals surface area contributed by atoms with Gasteiger partial charge in [-0.25, -0.2) is 4.57 Å². The monoisotopic (exact) mass is 264 g/mol. The van der Waals surface area contributed by atoms with Crippen molar-refractivity contribution in [2.24, 2.45) is 7.05 Å². The molecule has 0 saturated heterocycles.